The van der Waals surface area contributed by atoms with Gasteiger partial charge in [0.1, 0.15) is 0 Å². The van der Waals surface area contributed by atoms with E-state index < -0.39 is 69.4 Å². The van der Waals surface area contributed by atoms with Gasteiger partial charge in [0.25, 0.3) is 0 Å². The fourth-order valence-electron chi connectivity index (χ4n) is 9.98. The second kappa shape index (κ2) is 26.6. The van der Waals surface area contributed by atoms with Gasteiger partial charge in [-0.3, -0.25) is 38.4 Å². The quantitative estimate of drug-likeness (QED) is 0.0501. The summed E-state index contributed by atoms with van der Waals surface area (Å²) < 4.78 is 44.0. The number of hydrogen-bond donors (Lipinski definition) is 0. The molecule has 0 atom stereocenters. The van der Waals surface area contributed by atoms with E-state index >= 15 is 0 Å². The highest BCUT2D eigenvalue weighted by Gasteiger charge is 2.57. The molecule has 0 fully saturated rings. The van der Waals surface area contributed by atoms with E-state index in [1.165, 1.54) is 0 Å². The Balaban J connectivity index is 2.01. The van der Waals surface area contributed by atoms with E-state index in [4.69, 9.17) is 37.9 Å². The third-order valence-corrected chi connectivity index (χ3v) is 13.3. The van der Waals surface area contributed by atoms with Gasteiger partial charge in [0.05, 0.1) is 52.9 Å². The molecule has 74 heavy (non-hydrogen) atoms. The molecule has 0 unspecified atom stereocenters. The summed E-state index contributed by atoms with van der Waals surface area (Å²) >= 11 is 0. The van der Waals surface area contributed by atoms with E-state index in [9.17, 15) is 38.4 Å². The SMILES string of the molecule is CCOC(=O)C1(C(=O)OCC)CC(C=C(C)C)=C(/C=C/C2=C(/C=C/C3=C(/C=C/C4=C(C=C(C)C)CC(C(=O)OCC)(C(=O)OCC)C4)CC(C(=O)OCC)(C(=O)OCC)C3)CC(C(=O)OCC)(C(=O)OCC)C2)C1. The number of carbonyl (C=O) groups excluding carboxylic acids is 8. The van der Waals surface area contributed by atoms with Crippen LogP contribution in [0.15, 0.2) is 104 Å². The molecule has 0 bridgehead atoms. The first-order chi connectivity index (χ1) is 35.2. The van der Waals surface area contributed by atoms with Crippen molar-refractivity contribution in [2.45, 2.75) is 134 Å². The van der Waals surface area contributed by atoms with Crippen molar-refractivity contribution in [1.29, 1.82) is 0 Å². The number of hydrogen-bond acceptors (Lipinski definition) is 16. The van der Waals surface area contributed by atoms with E-state index in [-0.39, 0.29) is 104 Å². The largest absolute Gasteiger partial charge is 0.465 e. The van der Waals surface area contributed by atoms with Crippen LogP contribution in [-0.2, 0) is 76.3 Å². The van der Waals surface area contributed by atoms with Crippen molar-refractivity contribution in [3.05, 3.63) is 104 Å². The highest BCUT2D eigenvalue weighted by molar-refractivity contribution is 6.04. The molecule has 4 aliphatic carbocycles. The van der Waals surface area contributed by atoms with Gasteiger partial charge in [-0.2, -0.15) is 0 Å². The van der Waals surface area contributed by atoms with Gasteiger partial charge in [-0.1, -0.05) is 59.8 Å². The van der Waals surface area contributed by atoms with Crippen molar-refractivity contribution in [3.63, 3.8) is 0 Å². The summed E-state index contributed by atoms with van der Waals surface area (Å²) in [4.78, 5) is 111. The molecule has 4 rings (SSSR count). The summed E-state index contributed by atoms with van der Waals surface area (Å²) in [5, 5.41) is 0. The number of allylic oxidation sites excluding steroid dienone is 18. The minimum absolute atomic E-state index is 0.0159. The Morgan fingerprint density at radius 3 is 0.554 bits per heavy atom. The third-order valence-electron chi connectivity index (χ3n) is 13.3. The van der Waals surface area contributed by atoms with Crippen molar-refractivity contribution in [2.24, 2.45) is 21.7 Å². The molecular formula is C58H76O16. The maximum absolute atomic E-state index is 14.0. The van der Waals surface area contributed by atoms with Crippen LogP contribution in [0.1, 0.15) is 134 Å². The molecule has 0 amide bonds. The van der Waals surface area contributed by atoms with Crippen molar-refractivity contribution in [2.75, 3.05) is 52.9 Å². The van der Waals surface area contributed by atoms with Gasteiger partial charge < -0.3 is 37.9 Å². The molecule has 4 aliphatic rings. The topological polar surface area (TPSA) is 210 Å². The summed E-state index contributed by atoms with van der Waals surface area (Å²) in [5.74, 6) is -5.97. The van der Waals surface area contributed by atoms with Crippen LogP contribution in [-0.4, -0.2) is 101 Å². The lowest BCUT2D eigenvalue weighted by Gasteiger charge is -2.25. The molecular weight excluding hydrogens is 953 g/mol. The predicted molar refractivity (Wildman–Crippen MR) is 274 cm³/mol. The number of ether oxygens (including phenoxy) is 8. The van der Waals surface area contributed by atoms with E-state index in [1.807, 2.05) is 39.8 Å². The van der Waals surface area contributed by atoms with Crippen LogP contribution >= 0.6 is 0 Å². The summed E-state index contributed by atoms with van der Waals surface area (Å²) in [5.41, 5.74) is -0.302. The lowest BCUT2D eigenvalue weighted by atomic mass is 9.83. The Labute approximate surface area is 436 Å². The monoisotopic (exact) mass is 1030 g/mol. The predicted octanol–water partition coefficient (Wildman–Crippen LogP) is 9.40. The molecule has 0 spiro atoms. The molecule has 0 N–H and O–H groups in total. The molecule has 0 aliphatic heterocycles. The Kier molecular flexibility index (Phi) is 21.5. The number of rotatable bonds is 24. The maximum atomic E-state index is 14.0. The molecule has 16 nitrogen and oxygen atoms in total. The second-order valence-electron chi connectivity index (χ2n) is 19.2. The Morgan fingerprint density at radius 2 is 0.419 bits per heavy atom. The molecule has 0 aromatic rings. The third kappa shape index (κ3) is 13.0. The zero-order valence-corrected chi connectivity index (χ0v) is 45.5. The van der Waals surface area contributed by atoms with Gasteiger partial charge in [0.15, 0.2) is 21.7 Å². The fourth-order valence-corrected chi connectivity index (χ4v) is 9.98. The number of esters is 8. The van der Waals surface area contributed by atoms with Crippen LogP contribution in [0.5, 0.6) is 0 Å². The lowest BCUT2D eigenvalue weighted by molar-refractivity contribution is -0.173. The van der Waals surface area contributed by atoms with E-state index in [0.717, 1.165) is 11.1 Å². The van der Waals surface area contributed by atoms with Gasteiger partial charge in [-0.15, -0.1) is 0 Å². The number of carbonyl (C=O) groups is 8. The van der Waals surface area contributed by atoms with Gasteiger partial charge in [-0.25, -0.2) is 0 Å². The van der Waals surface area contributed by atoms with E-state index in [0.29, 0.717) is 44.6 Å². The van der Waals surface area contributed by atoms with Crippen molar-refractivity contribution in [3.8, 4) is 0 Å². The maximum Gasteiger partial charge on any atom is 0.324 e. The standard InChI is InChI=1S/C58H76O16/c1-13-67-47(59)55(48(60)68-14-2)29-39(41(31-55)23-25-43-33-57(51(63)71-17-5,52(64)72-18-6)35-45(43)27-37(9)10)21-22-40-30-56(49(61)69-15-3,50(62)70-16-4)32-42(40)24-26-44-34-58(53(65)73-19-7,54(66)74-20-8)36-46(44)28-38(11)12/h21-28H,13-20,29-36H2,1-12H3/b22-21+,25-23+,26-24+. The average Bonchev–Trinajstić information content (AvgIpc) is 4.12. The van der Waals surface area contributed by atoms with E-state index in [2.05, 4.69) is 0 Å². The van der Waals surface area contributed by atoms with Crippen molar-refractivity contribution < 1.29 is 76.3 Å². The van der Waals surface area contributed by atoms with Gasteiger partial charge in [0, 0.05) is 0 Å². The molecule has 0 aromatic heterocycles. The minimum atomic E-state index is -1.80. The molecule has 0 radical (unpaired) electrons. The first kappa shape index (κ1) is 60.0. The highest BCUT2D eigenvalue weighted by Crippen LogP contribution is 2.51. The molecule has 0 aromatic carbocycles. The lowest BCUT2D eigenvalue weighted by Crippen LogP contribution is -2.40. The van der Waals surface area contributed by atoms with Crippen LogP contribution in [0.2, 0.25) is 0 Å². The minimum Gasteiger partial charge on any atom is -0.465 e. The fraction of sp³-hybridized carbons (Fsp3) is 0.552. The summed E-state index contributed by atoms with van der Waals surface area (Å²) in [6, 6.07) is 0. The Hall–Kier alpha value is -6.58. The Bertz CT molecular complexity index is 2250. The molecule has 0 heterocycles. The summed E-state index contributed by atoms with van der Waals surface area (Å²) in [7, 11) is 0. The van der Waals surface area contributed by atoms with E-state index in [1.54, 1.807) is 91.8 Å². The summed E-state index contributed by atoms with van der Waals surface area (Å²) in [6.45, 7) is 20.9. The second-order valence-corrected chi connectivity index (χ2v) is 19.2. The zero-order chi connectivity index (χ0) is 55.0. The van der Waals surface area contributed by atoms with Crippen LogP contribution < -0.4 is 0 Å². The van der Waals surface area contributed by atoms with Crippen LogP contribution in [0.4, 0.5) is 0 Å². The smallest absolute Gasteiger partial charge is 0.324 e. The van der Waals surface area contributed by atoms with Crippen LogP contribution in [0.25, 0.3) is 0 Å². The van der Waals surface area contributed by atoms with Gasteiger partial charge in [0.2, 0.25) is 0 Å². The van der Waals surface area contributed by atoms with Crippen LogP contribution in [0, 0.1) is 21.7 Å². The molecule has 16 heteroatoms. The first-order valence-corrected chi connectivity index (χ1v) is 25.8. The average molecular weight is 1030 g/mol. The van der Waals surface area contributed by atoms with Crippen molar-refractivity contribution >= 4 is 47.8 Å². The Morgan fingerprint density at radius 1 is 0.284 bits per heavy atom. The summed E-state index contributed by atoms with van der Waals surface area (Å²) in [6.07, 6.45) is 13.6. The zero-order valence-electron chi connectivity index (χ0n) is 45.5. The molecule has 404 valence electrons. The van der Waals surface area contributed by atoms with Gasteiger partial charge >= 0.3 is 47.8 Å². The van der Waals surface area contributed by atoms with Crippen molar-refractivity contribution in [1.82, 2.24) is 0 Å². The highest BCUT2D eigenvalue weighted by atomic mass is 16.6. The molecule has 0 saturated heterocycles. The van der Waals surface area contributed by atoms with Crippen LogP contribution in [0.3, 0.4) is 0 Å². The molecule has 0 saturated carbocycles. The normalized spacial score (nSPS) is 18.5. The van der Waals surface area contributed by atoms with Gasteiger partial charge in [-0.05, 0) is 179 Å². The first-order valence-electron chi connectivity index (χ1n) is 25.8.